The van der Waals surface area contributed by atoms with Crippen molar-refractivity contribution < 1.29 is 14.5 Å². The predicted octanol–water partition coefficient (Wildman–Crippen LogP) is 4.78. The van der Waals surface area contributed by atoms with Crippen LogP contribution in [0.1, 0.15) is 48.8 Å². The number of nitrogens with zero attached hydrogens (tertiary/aromatic N) is 2. The second-order valence-corrected chi connectivity index (χ2v) is 6.11. The van der Waals surface area contributed by atoms with Gasteiger partial charge in [-0.15, -0.1) is 11.3 Å². The van der Waals surface area contributed by atoms with Gasteiger partial charge in [-0.25, -0.2) is 14.3 Å². The minimum Gasteiger partial charge on any atom is -0.476 e. The highest BCUT2D eigenvalue weighted by Crippen LogP contribution is 2.21. The van der Waals surface area contributed by atoms with E-state index in [4.69, 9.17) is 5.11 Å². The summed E-state index contributed by atoms with van der Waals surface area (Å²) >= 11 is 4.42. The number of carboxylic acids is 1. The van der Waals surface area contributed by atoms with E-state index in [2.05, 4.69) is 38.5 Å². The van der Waals surface area contributed by atoms with Gasteiger partial charge in [-0.05, 0) is 22.9 Å². The van der Waals surface area contributed by atoms with E-state index in [1.165, 1.54) is 17.0 Å². The van der Waals surface area contributed by atoms with Gasteiger partial charge < -0.3 is 5.11 Å². The van der Waals surface area contributed by atoms with Crippen LogP contribution < -0.4 is 4.57 Å². The van der Waals surface area contributed by atoms with E-state index < -0.39 is 5.97 Å². The molecular weight excluding hydrogens is 364 g/mol. The lowest BCUT2D eigenvalue weighted by Crippen LogP contribution is -2.30. The topological polar surface area (TPSA) is 54.1 Å². The van der Waals surface area contributed by atoms with Crippen LogP contribution in [0.4, 0.5) is 0 Å². The molecule has 0 atom stereocenters. The maximum Gasteiger partial charge on any atom is 0.355 e. The number of thiazole rings is 1. The van der Waals surface area contributed by atoms with Gasteiger partial charge in [0.15, 0.2) is 21.5 Å². The van der Waals surface area contributed by atoms with Crippen molar-refractivity contribution in [1.82, 2.24) is 4.98 Å². The molecule has 22 heavy (non-hydrogen) atoms. The maximum atomic E-state index is 10.4. The molecule has 2 aromatic rings. The van der Waals surface area contributed by atoms with Crippen LogP contribution in [0.2, 0.25) is 0 Å². The molecule has 4 nitrogen and oxygen atoms in total. The molecule has 2 heterocycles. The number of hydrogen-bond acceptors (Lipinski definition) is 3. The van der Waals surface area contributed by atoms with E-state index in [0.29, 0.717) is 3.92 Å². The first-order valence-electron chi connectivity index (χ1n) is 7.19. The number of aromatic carboxylic acids is 1. The highest BCUT2D eigenvalue weighted by atomic mass is 79.9. The number of hydrogen-bond donors (Lipinski definition) is 1. The van der Waals surface area contributed by atoms with Crippen LogP contribution in [0, 0.1) is 13.8 Å². The average Bonchev–Trinajstić information content (AvgIpc) is 2.86. The average molecular weight is 390 g/mol. The Kier molecular flexibility index (Phi) is 14.0. The molecule has 2 rings (SSSR count). The van der Waals surface area contributed by atoms with Crippen molar-refractivity contribution in [3.63, 3.8) is 0 Å². The zero-order valence-corrected chi connectivity index (χ0v) is 16.7. The normalized spacial score (nSPS) is 8.36. The zero-order valence-electron chi connectivity index (χ0n) is 14.3. The molecule has 0 aliphatic carbocycles. The summed E-state index contributed by atoms with van der Waals surface area (Å²) in [5.41, 5.74) is 1.42. The Hall–Kier alpha value is -1.27. The zero-order chi connectivity index (χ0) is 17.7. The Bertz CT molecular complexity index is 536. The third-order valence-corrected chi connectivity index (χ3v) is 3.71. The van der Waals surface area contributed by atoms with Crippen molar-refractivity contribution >= 4 is 33.2 Å². The van der Waals surface area contributed by atoms with E-state index in [1.807, 2.05) is 53.1 Å². The molecule has 124 valence electrons. The Morgan fingerprint density at radius 3 is 2.00 bits per heavy atom. The van der Waals surface area contributed by atoms with Gasteiger partial charge >= 0.3 is 5.97 Å². The second kappa shape index (κ2) is 13.4. The Balaban J connectivity index is 0. The summed E-state index contributed by atoms with van der Waals surface area (Å²) in [4.78, 5) is 14.8. The number of aryl methyl sites for hydroxylation is 3. The highest BCUT2D eigenvalue weighted by Gasteiger charge is 2.11. The van der Waals surface area contributed by atoms with Crippen molar-refractivity contribution in [3.05, 3.63) is 44.6 Å². The molecule has 0 radical (unpaired) electrons. The van der Waals surface area contributed by atoms with Crippen LogP contribution in [-0.2, 0) is 7.05 Å². The molecule has 2 aromatic heterocycles. The maximum absolute atomic E-state index is 10.4. The fourth-order valence-corrected chi connectivity index (χ4v) is 2.70. The van der Waals surface area contributed by atoms with E-state index >= 15 is 0 Å². The predicted molar refractivity (Wildman–Crippen MR) is 96.6 cm³/mol. The van der Waals surface area contributed by atoms with E-state index in [9.17, 15) is 4.79 Å². The fourth-order valence-electron chi connectivity index (χ4n) is 1.17. The molecule has 0 aliphatic rings. The van der Waals surface area contributed by atoms with Crippen molar-refractivity contribution in [3.8, 4) is 0 Å². The van der Waals surface area contributed by atoms with E-state index in [-0.39, 0.29) is 5.69 Å². The van der Waals surface area contributed by atoms with E-state index in [0.717, 1.165) is 4.88 Å². The summed E-state index contributed by atoms with van der Waals surface area (Å²) in [7, 11) is 2.04. The molecule has 0 bridgehead atoms. The number of carbonyl (C=O) groups is 1. The highest BCUT2D eigenvalue weighted by molar-refractivity contribution is 9.11. The van der Waals surface area contributed by atoms with Gasteiger partial charge in [0, 0.05) is 23.9 Å². The van der Waals surface area contributed by atoms with Gasteiger partial charge in [0.2, 0.25) is 0 Å². The van der Waals surface area contributed by atoms with Crippen LogP contribution in [0.25, 0.3) is 0 Å². The summed E-state index contributed by atoms with van der Waals surface area (Å²) in [6.07, 6.45) is 2.04. The molecule has 0 fully saturated rings. The third-order valence-electron chi connectivity index (χ3n) is 2.29. The van der Waals surface area contributed by atoms with Gasteiger partial charge in [-0.3, -0.25) is 0 Å². The monoisotopic (exact) mass is 389 g/mol. The van der Waals surface area contributed by atoms with E-state index in [1.54, 1.807) is 6.92 Å². The Morgan fingerprint density at radius 1 is 1.23 bits per heavy atom. The molecule has 0 saturated carbocycles. The molecule has 0 aliphatic heterocycles. The van der Waals surface area contributed by atoms with Crippen molar-refractivity contribution in [2.75, 3.05) is 0 Å². The smallest absolute Gasteiger partial charge is 0.355 e. The van der Waals surface area contributed by atoms with Crippen LogP contribution in [-0.4, -0.2) is 16.1 Å². The van der Waals surface area contributed by atoms with Crippen LogP contribution in [0.5, 0.6) is 0 Å². The fraction of sp³-hybridized carbons (Fsp3) is 0.438. The van der Waals surface area contributed by atoms with Crippen molar-refractivity contribution in [1.29, 1.82) is 0 Å². The molecule has 0 unspecified atom stereocenters. The molecule has 1 N–H and O–H groups in total. The second-order valence-electron chi connectivity index (χ2n) is 3.63. The first-order chi connectivity index (χ1) is 10.4. The summed E-state index contributed by atoms with van der Waals surface area (Å²) in [6, 6.07) is 6.14. The number of rotatable bonds is 1. The number of carboxylic acid groups (broad SMARTS) is 1. The lowest BCUT2D eigenvalue weighted by atomic mass is 10.4. The number of pyridine rings is 1. The Labute approximate surface area is 146 Å². The quantitative estimate of drug-likeness (QED) is 0.713. The lowest BCUT2D eigenvalue weighted by molar-refractivity contribution is -0.677. The summed E-state index contributed by atoms with van der Waals surface area (Å²) in [6.45, 7) is 11.8. The van der Waals surface area contributed by atoms with Gasteiger partial charge in [0.25, 0.3) is 0 Å². The standard InChI is InChI=1S/C7H10N.C5H4BrNO2S.2C2H6/c1-7-5-3-4-6-8(7)2;1-2-3(4(8)9)7-5(6)10-2;2*1-2/h3-6H,1-2H3;1H3,(H,8,9);2*1-2H3/q+1;;;. The SMILES string of the molecule is CC.CC.Cc1cccc[n+]1C.Cc1sc(Br)nc1C(=O)O. The first kappa shape index (κ1) is 23.0. The lowest BCUT2D eigenvalue weighted by Gasteiger charge is -1.87. The van der Waals surface area contributed by atoms with Crippen LogP contribution in [0.15, 0.2) is 28.3 Å². The van der Waals surface area contributed by atoms with Crippen molar-refractivity contribution in [2.45, 2.75) is 41.5 Å². The molecule has 6 heteroatoms. The van der Waals surface area contributed by atoms with Crippen LogP contribution >= 0.6 is 27.3 Å². The minimum atomic E-state index is -0.973. The largest absolute Gasteiger partial charge is 0.476 e. The summed E-state index contributed by atoms with van der Waals surface area (Å²) in [5, 5.41) is 8.50. The van der Waals surface area contributed by atoms with Gasteiger partial charge in [-0.1, -0.05) is 33.8 Å². The Morgan fingerprint density at radius 2 is 1.77 bits per heavy atom. The molecule has 0 amide bonds. The van der Waals surface area contributed by atoms with Gasteiger partial charge in [0.1, 0.15) is 7.05 Å². The summed E-state index contributed by atoms with van der Waals surface area (Å²) < 4.78 is 2.70. The molecule has 0 aromatic carbocycles. The van der Waals surface area contributed by atoms with Crippen LogP contribution in [0.3, 0.4) is 0 Å². The van der Waals surface area contributed by atoms with Gasteiger partial charge in [0.05, 0.1) is 0 Å². The molecule has 0 saturated heterocycles. The third kappa shape index (κ3) is 8.89. The first-order valence-corrected chi connectivity index (χ1v) is 8.80. The number of aromatic nitrogens is 2. The number of halogens is 1. The molecular formula is C16H26BrN2O2S+. The minimum absolute atomic E-state index is 0.136. The molecule has 0 spiro atoms. The van der Waals surface area contributed by atoms with Gasteiger partial charge in [-0.2, -0.15) is 0 Å². The summed E-state index contributed by atoms with van der Waals surface area (Å²) in [5.74, 6) is -0.973. The van der Waals surface area contributed by atoms with Crippen molar-refractivity contribution in [2.24, 2.45) is 7.05 Å².